The third-order valence-corrected chi connectivity index (χ3v) is 4.52. The molecule has 1 aromatic rings. The van der Waals surface area contributed by atoms with E-state index < -0.39 is 5.54 Å². The topological polar surface area (TPSA) is 84.0 Å². The number of nitrogens with one attached hydrogen (secondary N) is 2. The number of aromatic nitrogens is 2. The third-order valence-electron chi connectivity index (χ3n) is 2.55. The van der Waals surface area contributed by atoms with Crippen molar-refractivity contribution in [1.29, 1.82) is 0 Å². The quantitative estimate of drug-likeness (QED) is 0.471. The lowest BCUT2D eigenvalue weighted by molar-refractivity contribution is -0.126. The minimum Gasteiger partial charge on any atom is -0.342 e. The number of rotatable bonds is 6. The molecule has 0 radical (unpaired) electrons. The second kappa shape index (κ2) is 5.70. The Labute approximate surface area is 119 Å². The van der Waals surface area contributed by atoms with Crippen LogP contribution in [0, 0.1) is 0 Å². The number of amides is 2. The van der Waals surface area contributed by atoms with Gasteiger partial charge in [-0.25, -0.2) is 0 Å². The molecule has 1 fully saturated rings. The maximum Gasteiger partial charge on any atom is 0.251 e. The molecule has 2 rings (SSSR count). The number of carbonyl (C=O) groups is 2. The highest BCUT2D eigenvalue weighted by Gasteiger charge is 2.51. The largest absolute Gasteiger partial charge is 0.342 e. The van der Waals surface area contributed by atoms with Gasteiger partial charge in [-0.3, -0.25) is 14.9 Å². The summed E-state index contributed by atoms with van der Waals surface area (Å²) in [5, 5.41) is 13.7. The van der Waals surface area contributed by atoms with Crippen LogP contribution < -0.4 is 10.6 Å². The molecule has 0 atom stereocenters. The monoisotopic (exact) mass is 298 g/mol. The Morgan fingerprint density at radius 3 is 2.84 bits per heavy atom. The molecule has 6 nitrogen and oxygen atoms in total. The van der Waals surface area contributed by atoms with Crippen LogP contribution in [0.3, 0.4) is 0 Å². The highest BCUT2D eigenvalue weighted by atomic mass is 32.2. The fourth-order valence-corrected chi connectivity index (χ4v) is 3.04. The highest BCUT2D eigenvalue weighted by molar-refractivity contribution is 8.01. The molecule has 102 valence electrons. The van der Waals surface area contributed by atoms with Crippen molar-refractivity contribution in [2.75, 3.05) is 11.1 Å². The van der Waals surface area contributed by atoms with Gasteiger partial charge in [-0.05, 0) is 12.8 Å². The Morgan fingerprint density at radius 2 is 2.26 bits per heavy atom. The van der Waals surface area contributed by atoms with Gasteiger partial charge in [0.1, 0.15) is 5.54 Å². The first-order valence-corrected chi connectivity index (χ1v) is 7.53. The highest BCUT2D eigenvalue weighted by Crippen LogP contribution is 2.37. The van der Waals surface area contributed by atoms with Crippen molar-refractivity contribution in [3.05, 3.63) is 12.7 Å². The third kappa shape index (κ3) is 3.54. The van der Waals surface area contributed by atoms with Crippen LogP contribution in [-0.2, 0) is 9.59 Å². The van der Waals surface area contributed by atoms with Gasteiger partial charge < -0.3 is 5.32 Å². The van der Waals surface area contributed by atoms with Crippen LogP contribution in [0.2, 0.25) is 0 Å². The average Bonchev–Trinajstić information content (AvgIpc) is 2.99. The molecule has 0 unspecified atom stereocenters. The van der Waals surface area contributed by atoms with Crippen LogP contribution >= 0.6 is 23.1 Å². The number of anilines is 1. The van der Waals surface area contributed by atoms with E-state index >= 15 is 0 Å². The zero-order chi connectivity index (χ0) is 13.9. The SMILES string of the molecule is C=CCSc1nnc(NC(=O)C2(NC(C)=O)CC2)s1. The Hall–Kier alpha value is -1.41. The van der Waals surface area contributed by atoms with Gasteiger partial charge in [0.2, 0.25) is 11.0 Å². The van der Waals surface area contributed by atoms with Crippen molar-refractivity contribution in [2.45, 2.75) is 29.6 Å². The molecular weight excluding hydrogens is 284 g/mol. The molecule has 1 saturated carbocycles. The van der Waals surface area contributed by atoms with Crippen LogP contribution in [0.15, 0.2) is 17.0 Å². The molecule has 1 aromatic heterocycles. The van der Waals surface area contributed by atoms with Gasteiger partial charge in [0, 0.05) is 12.7 Å². The van der Waals surface area contributed by atoms with E-state index in [0.29, 0.717) is 18.0 Å². The molecule has 2 N–H and O–H groups in total. The Kier molecular flexibility index (Phi) is 4.20. The summed E-state index contributed by atoms with van der Waals surface area (Å²) >= 11 is 2.82. The van der Waals surface area contributed by atoms with Crippen molar-refractivity contribution >= 4 is 40.0 Å². The molecule has 1 aliphatic carbocycles. The zero-order valence-electron chi connectivity index (χ0n) is 10.4. The van der Waals surface area contributed by atoms with Gasteiger partial charge in [-0.2, -0.15) is 0 Å². The van der Waals surface area contributed by atoms with Gasteiger partial charge >= 0.3 is 0 Å². The van der Waals surface area contributed by atoms with Crippen molar-refractivity contribution < 1.29 is 9.59 Å². The second-order valence-electron chi connectivity index (χ2n) is 4.19. The second-order valence-corrected chi connectivity index (χ2v) is 6.43. The van der Waals surface area contributed by atoms with Gasteiger partial charge in [-0.1, -0.05) is 29.2 Å². The predicted octanol–water partition coefficient (Wildman–Crippen LogP) is 1.42. The number of thioether (sulfide) groups is 1. The number of nitrogens with zero attached hydrogens (tertiary/aromatic N) is 2. The molecule has 1 aliphatic rings. The maximum atomic E-state index is 12.0. The lowest BCUT2D eigenvalue weighted by Gasteiger charge is -2.14. The Morgan fingerprint density at radius 1 is 1.53 bits per heavy atom. The summed E-state index contributed by atoms with van der Waals surface area (Å²) < 4.78 is 0.777. The average molecular weight is 298 g/mol. The van der Waals surface area contributed by atoms with Gasteiger partial charge in [0.15, 0.2) is 4.34 Å². The molecule has 19 heavy (non-hydrogen) atoms. The van der Waals surface area contributed by atoms with Crippen LogP contribution in [0.1, 0.15) is 19.8 Å². The van der Waals surface area contributed by atoms with E-state index in [1.807, 2.05) is 0 Å². The normalized spacial score (nSPS) is 15.6. The predicted molar refractivity (Wildman–Crippen MR) is 75.2 cm³/mol. The molecular formula is C11H14N4O2S2. The first-order chi connectivity index (χ1) is 9.05. The standard InChI is InChI=1S/C11H14N4O2S2/c1-3-6-18-10-15-14-9(19-10)12-8(17)11(4-5-11)13-7(2)16/h3H,1,4-6H2,2H3,(H,13,16)(H,12,14,17). The van der Waals surface area contributed by atoms with E-state index in [1.165, 1.54) is 30.0 Å². The minimum absolute atomic E-state index is 0.202. The van der Waals surface area contributed by atoms with E-state index in [-0.39, 0.29) is 11.8 Å². The molecule has 0 aliphatic heterocycles. The van der Waals surface area contributed by atoms with Crippen LogP contribution in [0.4, 0.5) is 5.13 Å². The molecule has 0 saturated heterocycles. The van der Waals surface area contributed by atoms with E-state index in [4.69, 9.17) is 0 Å². The summed E-state index contributed by atoms with van der Waals surface area (Å²) in [5.41, 5.74) is -0.744. The van der Waals surface area contributed by atoms with Crippen molar-refractivity contribution in [2.24, 2.45) is 0 Å². The molecule has 0 aromatic carbocycles. The van der Waals surface area contributed by atoms with Gasteiger partial charge in [0.05, 0.1) is 0 Å². The summed E-state index contributed by atoms with van der Waals surface area (Å²) in [4.78, 5) is 23.1. The first kappa shape index (κ1) is 14.0. The summed E-state index contributed by atoms with van der Waals surface area (Å²) in [7, 11) is 0. The molecule has 1 heterocycles. The molecule has 0 spiro atoms. The Bertz CT molecular complexity index is 511. The minimum atomic E-state index is -0.744. The van der Waals surface area contributed by atoms with Crippen LogP contribution in [0.5, 0.6) is 0 Å². The van der Waals surface area contributed by atoms with Crippen LogP contribution in [0.25, 0.3) is 0 Å². The fourth-order valence-electron chi connectivity index (χ4n) is 1.54. The number of hydrogen-bond donors (Lipinski definition) is 2. The molecule has 8 heteroatoms. The maximum absolute atomic E-state index is 12.0. The van der Waals surface area contributed by atoms with Crippen molar-refractivity contribution in [3.8, 4) is 0 Å². The lowest BCUT2D eigenvalue weighted by atomic mass is 10.2. The molecule has 0 bridgehead atoms. The fraction of sp³-hybridized carbons (Fsp3) is 0.455. The number of carbonyl (C=O) groups excluding carboxylic acids is 2. The van der Waals surface area contributed by atoms with E-state index in [0.717, 1.165) is 10.1 Å². The summed E-state index contributed by atoms with van der Waals surface area (Å²) in [6.07, 6.45) is 3.10. The smallest absolute Gasteiger partial charge is 0.251 e. The van der Waals surface area contributed by atoms with E-state index in [2.05, 4.69) is 27.4 Å². The summed E-state index contributed by atoms with van der Waals surface area (Å²) in [6.45, 7) is 5.03. The van der Waals surface area contributed by atoms with Gasteiger partial charge in [-0.15, -0.1) is 16.8 Å². The summed E-state index contributed by atoms with van der Waals surface area (Å²) in [6, 6.07) is 0. The van der Waals surface area contributed by atoms with Crippen LogP contribution in [-0.4, -0.2) is 33.3 Å². The Balaban J connectivity index is 1.93. The molecule has 2 amide bonds. The van der Waals surface area contributed by atoms with Crippen molar-refractivity contribution in [3.63, 3.8) is 0 Å². The summed E-state index contributed by atoms with van der Waals surface area (Å²) in [5.74, 6) is 0.324. The zero-order valence-corrected chi connectivity index (χ0v) is 12.1. The first-order valence-electron chi connectivity index (χ1n) is 5.73. The number of hydrogen-bond acceptors (Lipinski definition) is 6. The van der Waals surface area contributed by atoms with E-state index in [1.54, 1.807) is 6.08 Å². The van der Waals surface area contributed by atoms with Crippen molar-refractivity contribution in [1.82, 2.24) is 15.5 Å². The lowest BCUT2D eigenvalue weighted by Crippen LogP contribution is -2.45. The van der Waals surface area contributed by atoms with E-state index in [9.17, 15) is 9.59 Å². The van der Waals surface area contributed by atoms with Gasteiger partial charge in [0.25, 0.3) is 5.91 Å².